The molecular formula is C20H19N3O3. The molecule has 1 aliphatic rings. The van der Waals surface area contributed by atoms with Crippen LogP contribution in [0, 0.1) is 11.3 Å². The summed E-state index contributed by atoms with van der Waals surface area (Å²) >= 11 is 0. The minimum absolute atomic E-state index is 0.130. The fourth-order valence-electron chi connectivity index (χ4n) is 2.77. The van der Waals surface area contributed by atoms with Crippen molar-refractivity contribution in [2.45, 2.75) is 19.4 Å². The minimum Gasteiger partial charge on any atom is -0.477 e. The molecular weight excluding hydrogens is 330 g/mol. The van der Waals surface area contributed by atoms with Gasteiger partial charge in [-0.05, 0) is 42.8 Å². The van der Waals surface area contributed by atoms with Crippen LogP contribution in [0.3, 0.4) is 0 Å². The van der Waals surface area contributed by atoms with E-state index in [1.54, 1.807) is 47.4 Å². The fraction of sp³-hybridized carbons (Fsp3) is 0.250. The van der Waals surface area contributed by atoms with E-state index >= 15 is 0 Å². The Balaban J connectivity index is 1.89. The van der Waals surface area contributed by atoms with Crippen molar-refractivity contribution in [2.75, 3.05) is 18.0 Å². The van der Waals surface area contributed by atoms with Gasteiger partial charge in [0, 0.05) is 12.1 Å². The van der Waals surface area contributed by atoms with Crippen molar-refractivity contribution in [1.82, 2.24) is 5.32 Å². The highest BCUT2D eigenvalue weighted by Gasteiger charge is 2.33. The van der Waals surface area contributed by atoms with E-state index in [0.29, 0.717) is 29.1 Å². The molecule has 26 heavy (non-hydrogen) atoms. The first kappa shape index (κ1) is 17.5. The zero-order valence-corrected chi connectivity index (χ0v) is 14.4. The number of carbonyl (C=O) groups excluding carboxylic acids is 2. The first-order chi connectivity index (χ1) is 12.6. The van der Waals surface area contributed by atoms with E-state index in [2.05, 4.69) is 5.32 Å². The van der Waals surface area contributed by atoms with Gasteiger partial charge in [-0.1, -0.05) is 19.1 Å². The Labute approximate surface area is 152 Å². The van der Waals surface area contributed by atoms with E-state index in [9.17, 15) is 9.59 Å². The van der Waals surface area contributed by atoms with Gasteiger partial charge in [0.05, 0.1) is 23.9 Å². The molecule has 2 aromatic rings. The van der Waals surface area contributed by atoms with Crippen molar-refractivity contribution in [3.05, 3.63) is 59.7 Å². The summed E-state index contributed by atoms with van der Waals surface area (Å²) in [6.45, 7) is 2.66. The maximum Gasteiger partial charge on any atom is 0.262 e. The second-order valence-corrected chi connectivity index (χ2v) is 5.97. The second-order valence-electron chi connectivity index (χ2n) is 5.97. The molecule has 1 aliphatic heterocycles. The molecule has 0 aromatic heterocycles. The smallest absolute Gasteiger partial charge is 0.262 e. The molecule has 0 unspecified atom stereocenters. The first-order valence-corrected chi connectivity index (χ1v) is 8.49. The lowest BCUT2D eigenvalue weighted by molar-refractivity contribution is -0.127. The van der Waals surface area contributed by atoms with E-state index in [1.807, 2.05) is 19.1 Å². The highest BCUT2D eigenvalue weighted by molar-refractivity contribution is 6.07. The summed E-state index contributed by atoms with van der Waals surface area (Å²) < 4.78 is 5.79. The molecule has 1 heterocycles. The summed E-state index contributed by atoms with van der Waals surface area (Å²) in [5, 5.41) is 11.7. The Morgan fingerprint density at radius 3 is 2.65 bits per heavy atom. The number of anilines is 1. The third-order valence-electron chi connectivity index (χ3n) is 4.12. The number of para-hydroxylation sites is 2. The Kier molecular flexibility index (Phi) is 5.18. The zero-order chi connectivity index (χ0) is 18.5. The van der Waals surface area contributed by atoms with Gasteiger partial charge in [0.1, 0.15) is 5.75 Å². The third-order valence-corrected chi connectivity index (χ3v) is 4.12. The summed E-state index contributed by atoms with van der Waals surface area (Å²) in [4.78, 5) is 26.9. The van der Waals surface area contributed by atoms with Gasteiger partial charge in [0.15, 0.2) is 6.10 Å². The van der Waals surface area contributed by atoms with Crippen molar-refractivity contribution in [1.29, 1.82) is 5.26 Å². The number of fused-ring (bicyclic) bond motifs is 1. The van der Waals surface area contributed by atoms with Gasteiger partial charge in [-0.2, -0.15) is 5.26 Å². The monoisotopic (exact) mass is 349 g/mol. The SMILES string of the molecule is CCCNC(=O)[C@H]1CN(C(=O)c2ccc(C#N)cc2)c2ccccc2O1. The maximum absolute atomic E-state index is 13.0. The van der Waals surface area contributed by atoms with E-state index < -0.39 is 6.10 Å². The highest BCUT2D eigenvalue weighted by atomic mass is 16.5. The summed E-state index contributed by atoms with van der Waals surface area (Å²) in [6.07, 6.45) is 0.0573. The van der Waals surface area contributed by atoms with E-state index in [4.69, 9.17) is 10.00 Å². The van der Waals surface area contributed by atoms with Gasteiger partial charge in [-0.15, -0.1) is 0 Å². The van der Waals surface area contributed by atoms with Gasteiger partial charge in [0.25, 0.3) is 11.8 Å². The molecule has 6 heteroatoms. The number of hydrogen-bond donors (Lipinski definition) is 1. The molecule has 0 saturated carbocycles. The van der Waals surface area contributed by atoms with Crippen LogP contribution in [0.5, 0.6) is 5.75 Å². The average Bonchev–Trinajstić information content (AvgIpc) is 2.70. The normalized spacial score (nSPS) is 15.4. The van der Waals surface area contributed by atoms with E-state index in [0.717, 1.165) is 6.42 Å². The minimum atomic E-state index is -0.765. The molecule has 0 aliphatic carbocycles. The summed E-state index contributed by atoms with van der Waals surface area (Å²) in [5.41, 5.74) is 1.57. The number of nitrogens with zero attached hydrogens (tertiary/aromatic N) is 2. The predicted molar refractivity (Wildman–Crippen MR) is 97.0 cm³/mol. The zero-order valence-electron chi connectivity index (χ0n) is 14.4. The largest absolute Gasteiger partial charge is 0.477 e. The van der Waals surface area contributed by atoms with Crippen molar-refractivity contribution in [3.8, 4) is 11.8 Å². The van der Waals surface area contributed by atoms with Crippen LogP contribution in [0.15, 0.2) is 48.5 Å². The van der Waals surface area contributed by atoms with E-state index in [-0.39, 0.29) is 18.4 Å². The quantitative estimate of drug-likeness (QED) is 0.919. The van der Waals surface area contributed by atoms with Gasteiger partial charge < -0.3 is 15.0 Å². The standard InChI is InChI=1S/C20H19N3O3/c1-2-11-22-19(24)18-13-23(16-5-3-4-6-17(16)26-18)20(25)15-9-7-14(12-21)8-10-15/h3-10,18H,2,11,13H2,1H3,(H,22,24)/t18-/m1/s1. The molecule has 2 amide bonds. The Hall–Kier alpha value is -3.33. The number of amides is 2. The topological polar surface area (TPSA) is 82.4 Å². The molecule has 0 bridgehead atoms. The summed E-state index contributed by atoms with van der Waals surface area (Å²) in [7, 11) is 0. The van der Waals surface area contributed by atoms with Crippen LogP contribution < -0.4 is 15.0 Å². The molecule has 6 nitrogen and oxygen atoms in total. The summed E-state index contributed by atoms with van der Waals surface area (Å²) in [5.74, 6) is 0.0231. The number of rotatable bonds is 4. The lowest BCUT2D eigenvalue weighted by Gasteiger charge is -2.34. The Bertz CT molecular complexity index is 855. The van der Waals surface area contributed by atoms with Crippen molar-refractivity contribution < 1.29 is 14.3 Å². The van der Waals surface area contributed by atoms with Crippen molar-refractivity contribution >= 4 is 17.5 Å². The highest BCUT2D eigenvalue weighted by Crippen LogP contribution is 2.34. The average molecular weight is 349 g/mol. The number of hydrogen-bond acceptors (Lipinski definition) is 4. The molecule has 3 rings (SSSR count). The van der Waals surface area contributed by atoms with Crippen molar-refractivity contribution in [2.24, 2.45) is 0 Å². The third kappa shape index (κ3) is 3.52. The van der Waals surface area contributed by atoms with Crippen LogP contribution >= 0.6 is 0 Å². The first-order valence-electron chi connectivity index (χ1n) is 8.49. The fourth-order valence-corrected chi connectivity index (χ4v) is 2.77. The summed E-state index contributed by atoms with van der Waals surface area (Å²) in [6, 6.07) is 15.6. The van der Waals surface area contributed by atoms with Gasteiger partial charge in [0.2, 0.25) is 0 Å². The van der Waals surface area contributed by atoms with Crippen LogP contribution in [-0.2, 0) is 4.79 Å². The number of nitriles is 1. The molecule has 0 spiro atoms. The van der Waals surface area contributed by atoms with Gasteiger partial charge in [-0.25, -0.2) is 0 Å². The van der Waals surface area contributed by atoms with Crippen LogP contribution in [0.1, 0.15) is 29.3 Å². The number of nitrogens with one attached hydrogen (secondary N) is 1. The van der Waals surface area contributed by atoms with Crippen LogP contribution in [0.25, 0.3) is 0 Å². The van der Waals surface area contributed by atoms with Crippen LogP contribution in [-0.4, -0.2) is 31.0 Å². The second kappa shape index (κ2) is 7.70. The molecule has 0 fully saturated rings. The molecule has 1 atom stereocenters. The lowest BCUT2D eigenvalue weighted by atomic mass is 10.1. The Morgan fingerprint density at radius 1 is 1.23 bits per heavy atom. The molecule has 2 aromatic carbocycles. The Morgan fingerprint density at radius 2 is 1.96 bits per heavy atom. The van der Waals surface area contributed by atoms with Gasteiger partial charge in [-0.3, -0.25) is 9.59 Å². The maximum atomic E-state index is 13.0. The number of ether oxygens (including phenoxy) is 1. The lowest BCUT2D eigenvalue weighted by Crippen LogP contribution is -2.50. The molecule has 1 N–H and O–H groups in total. The number of benzene rings is 2. The van der Waals surface area contributed by atoms with Gasteiger partial charge >= 0.3 is 0 Å². The van der Waals surface area contributed by atoms with Crippen molar-refractivity contribution in [3.63, 3.8) is 0 Å². The molecule has 132 valence electrons. The number of carbonyl (C=O) groups is 2. The van der Waals surface area contributed by atoms with E-state index in [1.165, 1.54) is 0 Å². The molecule has 0 saturated heterocycles. The predicted octanol–water partition coefficient (Wildman–Crippen LogP) is 2.49. The van der Waals surface area contributed by atoms with Crippen LogP contribution in [0.2, 0.25) is 0 Å². The van der Waals surface area contributed by atoms with Crippen LogP contribution in [0.4, 0.5) is 5.69 Å². The molecule has 0 radical (unpaired) electrons.